The number of benzene rings is 2. The van der Waals surface area contributed by atoms with Gasteiger partial charge in [-0.2, -0.15) is 0 Å². The van der Waals surface area contributed by atoms with E-state index in [1.54, 1.807) is 13.0 Å². The van der Waals surface area contributed by atoms with Gasteiger partial charge in [-0.3, -0.25) is 9.59 Å². The Morgan fingerprint density at radius 1 is 1.14 bits per heavy atom. The Hall–Kier alpha value is -3.13. The van der Waals surface area contributed by atoms with E-state index in [2.05, 4.69) is 10.6 Å². The molecular weight excluding hydrogens is 401 g/mol. The van der Waals surface area contributed by atoms with Gasteiger partial charge in [0.25, 0.3) is 5.91 Å². The number of halogens is 3. The van der Waals surface area contributed by atoms with Crippen molar-refractivity contribution in [2.75, 3.05) is 10.6 Å². The number of fused-ring (bicyclic) bond motifs is 1. The van der Waals surface area contributed by atoms with Crippen LogP contribution in [0.1, 0.15) is 38.7 Å². The summed E-state index contributed by atoms with van der Waals surface area (Å²) in [4.78, 5) is 25.2. The number of nitrogens with one attached hydrogen (secondary N) is 2. The first-order chi connectivity index (χ1) is 13.8. The lowest BCUT2D eigenvalue weighted by molar-refractivity contribution is -0.116. The number of hydrogen-bond donors (Lipinski definition) is 2. The lowest BCUT2D eigenvalue weighted by Crippen LogP contribution is -2.23. The summed E-state index contributed by atoms with van der Waals surface area (Å²) in [5.41, 5.74) is 1.39. The van der Waals surface area contributed by atoms with Crippen LogP contribution < -0.4 is 10.6 Å². The van der Waals surface area contributed by atoms with E-state index in [1.807, 2.05) is 0 Å². The molecule has 2 amide bonds. The number of rotatable bonds is 3. The normalized spacial score (nSPS) is 15.6. The van der Waals surface area contributed by atoms with Crippen molar-refractivity contribution >= 4 is 33.8 Å². The Morgan fingerprint density at radius 2 is 1.90 bits per heavy atom. The maximum Gasteiger partial charge on any atom is 0.266 e. The van der Waals surface area contributed by atoms with Gasteiger partial charge in [0.1, 0.15) is 17.5 Å². The molecule has 148 valence electrons. The predicted molar refractivity (Wildman–Crippen MR) is 105 cm³/mol. The van der Waals surface area contributed by atoms with E-state index < -0.39 is 29.3 Å². The summed E-state index contributed by atoms with van der Waals surface area (Å²) in [7, 11) is 0. The summed E-state index contributed by atoms with van der Waals surface area (Å²) < 4.78 is 41.6. The molecule has 2 N–H and O–H groups in total. The second-order valence-electron chi connectivity index (χ2n) is 6.70. The first-order valence-corrected chi connectivity index (χ1v) is 9.60. The molecule has 2 heterocycles. The van der Waals surface area contributed by atoms with E-state index in [1.165, 1.54) is 24.3 Å². The zero-order chi connectivity index (χ0) is 20.7. The molecule has 0 fully saturated rings. The van der Waals surface area contributed by atoms with Crippen LogP contribution in [-0.2, 0) is 4.79 Å². The van der Waals surface area contributed by atoms with Crippen LogP contribution in [0, 0.1) is 24.4 Å². The van der Waals surface area contributed by atoms with Gasteiger partial charge in [-0.25, -0.2) is 13.2 Å². The number of carbonyl (C=O) groups is 2. The molecule has 1 atom stereocenters. The highest BCUT2D eigenvalue weighted by molar-refractivity contribution is 7.18. The van der Waals surface area contributed by atoms with Gasteiger partial charge in [0.15, 0.2) is 0 Å². The quantitative estimate of drug-likeness (QED) is 0.617. The second-order valence-corrected chi connectivity index (χ2v) is 7.72. The summed E-state index contributed by atoms with van der Waals surface area (Å²) in [6.45, 7) is 1.69. The zero-order valence-electron chi connectivity index (χ0n) is 15.2. The van der Waals surface area contributed by atoms with E-state index in [9.17, 15) is 22.8 Å². The number of para-hydroxylation sites is 1. The highest BCUT2D eigenvalue weighted by atomic mass is 32.1. The van der Waals surface area contributed by atoms with Crippen molar-refractivity contribution in [1.29, 1.82) is 0 Å². The molecule has 29 heavy (non-hydrogen) atoms. The van der Waals surface area contributed by atoms with Gasteiger partial charge >= 0.3 is 0 Å². The summed E-state index contributed by atoms with van der Waals surface area (Å²) >= 11 is 1.04. The average molecular weight is 416 g/mol. The molecule has 1 aliphatic heterocycles. The Bertz CT molecular complexity index is 1140. The molecule has 0 radical (unpaired) electrons. The number of amides is 2. The van der Waals surface area contributed by atoms with Crippen molar-refractivity contribution in [3.05, 3.63) is 81.5 Å². The highest BCUT2D eigenvalue weighted by Gasteiger charge is 2.34. The molecule has 8 heteroatoms. The molecule has 0 spiro atoms. The Labute approximate surface area is 168 Å². The first-order valence-electron chi connectivity index (χ1n) is 8.79. The molecule has 0 unspecified atom stereocenters. The third kappa shape index (κ3) is 3.51. The van der Waals surface area contributed by atoms with Gasteiger partial charge in [-0.05, 0) is 41.8 Å². The molecule has 4 rings (SSSR count). The van der Waals surface area contributed by atoms with Crippen molar-refractivity contribution in [3.63, 3.8) is 0 Å². The summed E-state index contributed by atoms with van der Waals surface area (Å²) in [6, 6.07) is 9.00. The number of carbonyl (C=O) groups excluding carboxylic acids is 2. The summed E-state index contributed by atoms with van der Waals surface area (Å²) in [5.74, 6) is -3.53. The molecular formula is C21H15F3N2O2S. The van der Waals surface area contributed by atoms with E-state index in [4.69, 9.17) is 0 Å². The van der Waals surface area contributed by atoms with Gasteiger partial charge in [0.2, 0.25) is 5.91 Å². The molecule has 4 nitrogen and oxygen atoms in total. The van der Waals surface area contributed by atoms with Crippen LogP contribution in [0.25, 0.3) is 0 Å². The Morgan fingerprint density at radius 3 is 2.62 bits per heavy atom. The minimum absolute atomic E-state index is 0.0263. The third-order valence-corrected chi connectivity index (χ3v) is 6.07. The van der Waals surface area contributed by atoms with Crippen LogP contribution in [0.5, 0.6) is 0 Å². The number of anilines is 2. The van der Waals surface area contributed by atoms with Gasteiger partial charge in [-0.1, -0.05) is 18.2 Å². The maximum atomic E-state index is 14.4. The fourth-order valence-electron chi connectivity index (χ4n) is 3.51. The van der Waals surface area contributed by atoms with Crippen LogP contribution in [0.3, 0.4) is 0 Å². The summed E-state index contributed by atoms with van der Waals surface area (Å²) in [5, 5.41) is 5.67. The van der Waals surface area contributed by atoms with Crippen molar-refractivity contribution < 1.29 is 22.8 Å². The topological polar surface area (TPSA) is 58.2 Å². The minimum atomic E-state index is -0.751. The van der Waals surface area contributed by atoms with Crippen LogP contribution in [0.15, 0.2) is 42.5 Å². The van der Waals surface area contributed by atoms with Crippen LogP contribution >= 0.6 is 11.3 Å². The molecule has 1 aromatic heterocycles. The maximum absolute atomic E-state index is 14.4. The number of hydrogen-bond acceptors (Lipinski definition) is 3. The number of thiophene rings is 1. The average Bonchev–Trinajstić information content (AvgIpc) is 2.99. The Balaban J connectivity index is 1.75. The van der Waals surface area contributed by atoms with E-state index in [-0.39, 0.29) is 28.5 Å². The first kappa shape index (κ1) is 19.2. The fourth-order valence-corrected chi connectivity index (χ4v) is 4.69. The Kier molecular flexibility index (Phi) is 4.87. The van der Waals surface area contributed by atoms with E-state index in [0.29, 0.717) is 16.1 Å². The van der Waals surface area contributed by atoms with Gasteiger partial charge in [-0.15, -0.1) is 11.3 Å². The smallest absolute Gasteiger partial charge is 0.266 e. The van der Waals surface area contributed by atoms with Crippen molar-refractivity contribution in [2.45, 2.75) is 19.3 Å². The molecule has 0 bridgehead atoms. The zero-order valence-corrected chi connectivity index (χ0v) is 16.0. The lowest BCUT2D eigenvalue weighted by atomic mass is 9.84. The standard InChI is InChI=1S/C21H15F3N2O2S/c1-10-18-13(12-7-6-11(22)8-15(12)24)9-17(27)26-21(18)29-19(10)20(28)25-16-5-3-2-4-14(16)23/h2-8,13H,9H2,1H3,(H,25,28)(H,26,27)/t13-/m1/s1. The third-order valence-electron chi connectivity index (χ3n) is 4.85. The minimum Gasteiger partial charge on any atom is -0.319 e. The van der Waals surface area contributed by atoms with E-state index >= 15 is 0 Å². The van der Waals surface area contributed by atoms with Crippen molar-refractivity contribution in [2.24, 2.45) is 0 Å². The molecule has 0 saturated heterocycles. The predicted octanol–water partition coefficient (Wildman–Crippen LogP) is 5.20. The van der Waals surface area contributed by atoms with Gasteiger partial charge in [0, 0.05) is 18.4 Å². The monoisotopic (exact) mass is 416 g/mol. The largest absolute Gasteiger partial charge is 0.319 e. The summed E-state index contributed by atoms with van der Waals surface area (Å²) in [6.07, 6.45) is -0.0263. The van der Waals surface area contributed by atoms with Crippen LogP contribution in [0.4, 0.5) is 23.9 Å². The molecule has 1 aliphatic rings. The second kappa shape index (κ2) is 7.36. The lowest BCUT2D eigenvalue weighted by Gasteiger charge is -2.24. The van der Waals surface area contributed by atoms with Crippen molar-refractivity contribution in [1.82, 2.24) is 0 Å². The van der Waals surface area contributed by atoms with Crippen LogP contribution in [0.2, 0.25) is 0 Å². The SMILES string of the molecule is Cc1c(C(=O)Nc2ccccc2F)sc2c1[C@@H](c1ccc(F)cc1F)CC(=O)N2. The molecule has 3 aromatic rings. The fraction of sp³-hybridized carbons (Fsp3) is 0.143. The molecule has 0 aliphatic carbocycles. The van der Waals surface area contributed by atoms with Gasteiger partial charge in [0.05, 0.1) is 15.6 Å². The molecule has 2 aromatic carbocycles. The highest BCUT2D eigenvalue weighted by Crippen LogP contribution is 2.45. The van der Waals surface area contributed by atoms with E-state index in [0.717, 1.165) is 23.5 Å². The molecule has 0 saturated carbocycles. The van der Waals surface area contributed by atoms with Crippen LogP contribution in [-0.4, -0.2) is 11.8 Å². The van der Waals surface area contributed by atoms with Crippen molar-refractivity contribution in [3.8, 4) is 0 Å². The van der Waals surface area contributed by atoms with Gasteiger partial charge < -0.3 is 10.6 Å².